The lowest BCUT2D eigenvalue weighted by Gasteiger charge is -2.12. The quantitative estimate of drug-likeness (QED) is 0.105. The van der Waals surface area contributed by atoms with Crippen LogP contribution in [0.15, 0.2) is 352 Å². The highest BCUT2D eigenvalue weighted by molar-refractivity contribution is 6.29. The molecule has 0 radical (unpaired) electrons. The van der Waals surface area contributed by atoms with E-state index in [0.29, 0.717) is 0 Å². The summed E-state index contributed by atoms with van der Waals surface area (Å²) >= 11 is 0. The summed E-state index contributed by atoms with van der Waals surface area (Å²) in [4.78, 5) is 0. The first-order valence-corrected chi connectivity index (χ1v) is 33.6. The van der Waals surface area contributed by atoms with Crippen LogP contribution in [-0.2, 0) is 12.8 Å². The van der Waals surface area contributed by atoms with Gasteiger partial charge in [0.15, 0.2) is 0 Å². The van der Waals surface area contributed by atoms with Crippen molar-refractivity contribution in [2.45, 2.75) is 12.8 Å². The second-order valence-corrected chi connectivity index (χ2v) is 25.7. The maximum Gasteiger partial charge on any atom is -0.00199 e. The molecule has 0 heterocycles. The van der Waals surface area contributed by atoms with Crippen LogP contribution in [0.25, 0.3) is 174 Å². The van der Waals surface area contributed by atoms with Gasteiger partial charge in [0, 0.05) is 0 Å². The van der Waals surface area contributed by atoms with Crippen molar-refractivity contribution in [3.8, 4) is 22.3 Å². The predicted octanol–water partition coefficient (Wildman–Crippen LogP) is 26.8. The summed E-state index contributed by atoms with van der Waals surface area (Å²) in [6, 6.07) is 127. The molecule has 3 aliphatic rings. The smallest absolute Gasteiger partial charge is 0.00199 e. The Balaban J connectivity index is 0.0000000850. The van der Waals surface area contributed by atoms with E-state index in [1.165, 1.54) is 197 Å². The van der Waals surface area contributed by atoms with Gasteiger partial charge in [0.2, 0.25) is 0 Å². The Kier molecular flexibility index (Phi) is 14.2. The van der Waals surface area contributed by atoms with Crippen LogP contribution in [0.3, 0.4) is 0 Å². The zero-order valence-electron chi connectivity index (χ0n) is 53.1. The van der Waals surface area contributed by atoms with Gasteiger partial charge in [0.25, 0.3) is 0 Å². The zero-order chi connectivity index (χ0) is 63.5. The van der Waals surface area contributed by atoms with Gasteiger partial charge in [-0.1, -0.05) is 328 Å². The molecule has 0 nitrogen and oxygen atoms in total. The minimum absolute atomic E-state index is 1.23. The van der Waals surface area contributed by atoms with Crippen molar-refractivity contribution in [3.63, 3.8) is 0 Å². The van der Waals surface area contributed by atoms with Crippen molar-refractivity contribution in [3.05, 3.63) is 374 Å². The first kappa shape index (κ1) is 56.5. The van der Waals surface area contributed by atoms with E-state index in [1.807, 2.05) is 0 Å². The van der Waals surface area contributed by atoms with E-state index in [4.69, 9.17) is 0 Å². The van der Waals surface area contributed by atoms with Crippen molar-refractivity contribution in [1.29, 1.82) is 0 Å². The second-order valence-electron chi connectivity index (χ2n) is 25.7. The molecule has 0 unspecified atom stereocenters. The van der Waals surface area contributed by atoms with Crippen LogP contribution < -0.4 is 0 Å². The summed E-state index contributed by atoms with van der Waals surface area (Å²) in [6.45, 7) is 0. The summed E-state index contributed by atoms with van der Waals surface area (Å²) in [6.07, 6.45) is 6.82. The van der Waals surface area contributed by atoms with E-state index in [9.17, 15) is 0 Å². The molecule has 0 saturated heterocycles. The van der Waals surface area contributed by atoms with Crippen molar-refractivity contribution < 1.29 is 0 Å². The van der Waals surface area contributed by atoms with Gasteiger partial charge < -0.3 is 0 Å². The van der Waals surface area contributed by atoms with Crippen LogP contribution in [0.4, 0.5) is 0 Å². The van der Waals surface area contributed by atoms with Gasteiger partial charge in [0.05, 0.1) is 0 Å². The first-order chi connectivity index (χ1) is 47.6. The van der Waals surface area contributed by atoms with E-state index in [-0.39, 0.29) is 0 Å². The van der Waals surface area contributed by atoms with E-state index in [2.05, 4.69) is 364 Å². The third kappa shape index (κ3) is 10.1. The molecule has 23 rings (SSSR count). The Labute approximate surface area is 557 Å². The molecule has 0 bridgehead atoms. The fraction of sp³-hybridized carbons (Fsp3) is 0.0208. The molecule has 0 saturated carbocycles. The molecule has 0 N–H and O–H groups in total. The van der Waals surface area contributed by atoms with E-state index < -0.39 is 0 Å². The van der Waals surface area contributed by atoms with Crippen LogP contribution in [0, 0.1) is 0 Å². The SMILES string of the molecule is C1=Cc2cccc3cccc1c23.c1cc2c3c(cccc3c1)CC2.c1ccc2c(c1)-c1cccc3c1c-2cc1ccccc13.c1ccc2c(c1)cc1ccc3cccc4ccc2c1c34.c1ccc2cc3c(ccc4ccccc43)cc2c1.c1ccc2cc3ccccc3cc2c1. The molecule has 0 heteroatoms. The van der Waals surface area contributed by atoms with Crippen LogP contribution in [-0.4, -0.2) is 0 Å². The molecule has 96 heavy (non-hydrogen) atoms. The molecular formula is C96H64. The van der Waals surface area contributed by atoms with Gasteiger partial charge in [0.1, 0.15) is 0 Å². The summed E-state index contributed by atoms with van der Waals surface area (Å²) in [5.41, 5.74) is 11.2. The minimum Gasteiger partial charge on any atom is -0.0616 e. The van der Waals surface area contributed by atoms with Crippen LogP contribution >= 0.6 is 0 Å². The highest BCUT2D eigenvalue weighted by Gasteiger charge is 2.22. The summed E-state index contributed by atoms with van der Waals surface area (Å²) in [5.74, 6) is 0. The first-order valence-electron chi connectivity index (χ1n) is 33.6. The molecule has 0 amide bonds. The van der Waals surface area contributed by atoms with Crippen molar-refractivity contribution in [1.82, 2.24) is 0 Å². The molecule has 20 aromatic rings. The van der Waals surface area contributed by atoms with Crippen molar-refractivity contribution >= 4 is 152 Å². The Bertz CT molecular complexity index is 6240. The largest absolute Gasteiger partial charge is 0.0616 e. The maximum absolute atomic E-state index is 2.34. The van der Waals surface area contributed by atoms with Gasteiger partial charge in [-0.05, 0) is 234 Å². The summed E-state index contributed by atoms with van der Waals surface area (Å²) < 4.78 is 0. The maximum atomic E-state index is 2.34. The van der Waals surface area contributed by atoms with Crippen LogP contribution in [0.1, 0.15) is 22.3 Å². The standard InChI is InChI=1S/2C20H12.C18H12.C14H10.C12H10.C12H8/c1-2-7-14-13(6-1)12-19-16-9-4-3-8-15(16)18-11-5-10-17(14)20(18)19;1-2-7-17-15(4-1)12-16-9-8-13-5-3-6-14-10-11-18(17)20(16)19(13)14;1-2-7-15-12-18-16(11-14(15)6-1)10-9-13-5-3-4-8-17(13)18;1-2-6-12-10-14-8-4-3-7-13(14)9-11(12)5-1;2*1-3-9-4-2-6-11-8-7-10(5-1)12(9)11/h2*1-12H;1-12H;1-10H;1-6H,7-8H2;1-8H. The number of aryl methyl sites for hydroxylation is 2. The van der Waals surface area contributed by atoms with Crippen LogP contribution in [0.2, 0.25) is 0 Å². The van der Waals surface area contributed by atoms with Crippen molar-refractivity contribution in [2.24, 2.45) is 0 Å². The topological polar surface area (TPSA) is 0 Å². The number of hydrogen-bond acceptors (Lipinski definition) is 0. The highest BCUT2D eigenvalue weighted by Crippen LogP contribution is 2.49. The predicted molar refractivity (Wildman–Crippen MR) is 418 cm³/mol. The number of rotatable bonds is 0. The second kappa shape index (κ2) is 24.0. The molecule has 20 aromatic carbocycles. The lowest BCUT2D eigenvalue weighted by atomic mass is 9.91. The Morgan fingerprint density at radius 3 is 1.06 bits per heavy atom. The third-order valence-electron chi connectivity index (χ3n) is 20.1. The molecule has 3 aliphatic carbocycles. The zero-order valence-corrected chi connectivity index (χ0v) is 53.1. The summed E-state index contributed by atoms with van der Waals surface area (Å²) in [7, 11) is 0. The summed E-state index contributed by atoms with van der Waals surface area (Å²) in [5, 5.41) is 35.1. The number of fused-ring (bicyclic) bond motifs is 13. The molecule has 0 aromatic heterocycles. The highest BCUT2D eigenvalue weighted by atomic mass is 14.2. The van der Waals surface area contributed by atoms with E-state index >= 15 is 0 Å². The molecule has 0 aliphatic heterocycles. The van der Waals surface area contributed by atoms with Crippen LogP contribution in [0.5, 0.6) is 0 Å². The molecule has 448 valence electrons. The molecule has 0 atom stereocenters. The van der Waals surface area contributed by atoms with Crippen molar-refractivity contribution in [2.75, 3.05) is 0 Å². The van der Waals surface area contributed by atoms with Gasteiger partial charge in [-0.3, -0.25) is 0 Å². The van der Waals surface area contributed by atoms with E-state index in [1.54, 1.807) is 0 Å². The average Bonchev–Trinajstić information content (AvgIpc) is 1.29. The Hall–Kier alpha value is -12.2. The van der Waals surface area contributed by atoms with Gasteiger partial charge in [-0.15, -0.1) is 0 Å². The third-order valence-corrected chi connectivity index (χ3v) is 20.1. The molecule has 0 spiro atoms. The lowest BCUT2D eigenvalue weighted by molar-refractivity contribution is 1.02. The Morgan fingerprint density at radius 1 is 0.146 bits per heavy atom. The normalized spacial score (nSPS) is 12.0. The number of benzene rings is 20. The fourth-order valence-electron chi connectivity index (χ4n) is 15.7. The molecular weight excluding hydrogens is 1150 g/mol. The van der Waals surface area contributed by atoms with Gasteiger partial charge >= 0.3 is 0 Å². The van der Waals surface area contributed by atoms with Gasteiger partial charge in [-0.25, -0.2) is 0 Å². The average molecular weight is 1220 g/mol. The molecule has 0 fully saturated rings. The number of hydrogen-bond donors (Lipinski definition) is 0. The van der Waals surface area contributed by atoms with E-state index in [0.717, 1.165) is 0 Å². The fourth-order valence-corrected chi connectivity index (χ4v) is 15.7. The minimum atomic E-state index is 1.23. The monoisotopic (exact) mass is 1220 g/mol. The Morgan fingerprint density at radius 2 is 0.479 bits per heavy atom. The lowest BCUT2D eigenvalue weighted by Crippen LogP contribution is -1.85. The van der Waals surface area contributed by atoms with Gasteiger partial charge in [-0.2, -0.15) is 0 Å².